The van der Waals surface area contributed by atoms with Gasteiger partial charge in [0.2, 0.25) is 0 Å². The van der Waals surface area contributed by atoms with E-state index in [1.165, 1.54) is 0 Å². The smallest absolute Gasteiger partial charge is 0.254 e. The lowest BCUT2D eigenvalue weighted by Crippen LogP contribution is -2.49. The zero-order valence-electron chi connectivity index (χ0n) is 13.7. The average molecular weight is 385 g/mol. The molecule has 2 aromatic rings. The summed E-state index contributed by atoms with van der Waals surface area (Å²) < 4.78 is 0. The summed E-state index contributed by atoms with van der Waals surface area (Å²) in [4.78, 5) is 16.4. The minimum atomic E-state index is -0.136. The summed E-state index contributed by atoms with van der Waals surface area (Å²) in [5.74, 6) is -0.136. The number of carbonyl (C=O) groups excluding carboxylic acids is 1. The predicted octanol–water partition coefficient (Wildman–Crippen LogP) is 3.70. The molecule has 0 saturated carbocycles. The summed E-state index contributed by atoms with van der Waals surface area (Å²) in [6, 6.07) is 14.1. The van der Waals surface area contributed by atoms with Gasteiger partial charge in [0.05, 0.1) is 16.8 Å². The Kier molecular flexibility index (Phi) is 5.32. The van der Waals surface area contributed by atoms with Crippen molar-refractivity contribution in [2.75, 3.05) is 31.1 Å². The fraction of sp³-hybridized carbons (Fsp3) is 0.211. The minimum absolute atomic E-state index is 0.136. The molecule has 3 rings (SSSR count). The molecular weight excluding hydrogens is 371 g/mol. The molecule has 130 valence electrons. The van der Waals surface area contributed by atoms with Gasteiger partial charge in [-0.05, 0) is 30.3 Å². The molecule has 1 heterocycles. The van der Waals surface area contributed by atoms with Crippen LogP contribution < -0.4 is 4.90 Å². The maximum absolute atomic E-state index is 12.7. The highest BCUT2D eigenvalue weighted by molar-refractivity contribution is 6.35. The van der Waals surface area contributed by atoms with E-state index in [1.807, 2.05) is 4.90 Å². The number of nitrogens with zero attached hydrogens (tertiary/aromatic N) is 4. The molecule has 0 unspecified atom stereocenters. The van der Waals surface area contributed by atoms with Crippen LogP contribution >= 0.6 is 23.2 Å². The standard InChI is InChI=1S/C19H14Cl2N4O/c20-16-8-15(9-17(21)10-16)19(26)25-6-4-24(5-7-25)18-13(11-22)2-1-3-14(18)12-23/h1-3,8-10H,4-7H2. The number of carbonyl (C=O) groups is 1. The quantitative estimate of drug-likeness (QED) is 0.791. The Morgan fingerprint density at radius 3 is 1.96 bits per heavy atom. The minimum Gasteiger partial charge on any atom is -0.366 e. The Hall–Kier alpha value is -2.73. The normalized spacial score (nSPS) is 13.8. The van der Waals surface area contributed by atoms with Gasteiger partial charge >= 0.3 is 0 Å². The number of nitriles is 2. The predicted molar refractivity (Wildman–Crippen MR) is 100 cm³/mol. The average Bonchev–Trinajstić information content (AvgIpc) is 2.66. The van der Waals surface area contributed by atoms with Crippen LogP contribution in [0.4, 0.5) is 5.69 Å². The van der Waals surface area contributed by atoms with Crippen LogP contribution in [0.3, 0.4) is 0 Å². The van der Waals surface area contributed by atoms with Gasteiger partial charge < -0.3 is 9.80 Å². The van der Waals surface area contributed by atoms with Crippen molar-refractivity contribution >= 4 is 34.8 Å². The summed E-state index contributed by atoms with van der Waals surface area (Å²) in [5.41, 5.74) is 2.01. The third-order valence-corrected chi connectivity index (χ3v) is 4.71. The maximum Gasteiger partial charge on any atom is 0.254 e. The Morgan fingerprint density at radius 1 is 0.923 bits per heavy atom. The highest BCUT2D eigenvalue weighted by Gasteiger charge is 2.25. The first-order valence-electron chi connectivity index (χ1n) is 7.97. The summed E-state index contributed by atoms with van der Waals surface area (Å²) in [6.45, 7) is 2.03. The van der Waals surface area contributed by atoms with E-state index in [2.05, 4.69) is 12.1 Å². The van der Waals surface area contributed by atoms with Gasteiger partial charge in [-0.15, -0.1) is 0 Å². The highest BCUT2D eigenvalue weighted by Crippen LogP contribution is 2.27. The van der Waals surface area contributed by atoms with Gasteiger partial charge in [-0.3, -0.25) is 4.79 Å². The summed E-state index contributed by atoms with van der Waals surface area (Å²) in [6.07, 6.45) is 0. The second-order valence-electron chi connectivity index (χ2n) is 5.86. The molecule has 7 heteroatoms. The van der Waals surface area contributed by atoms with Crippen molar-refractivity contribution in [2.45, 2.75) is 0 Å². The molecule has 0 atom stereocenters. The Bertz CT molecular complexity index is 885. The SMILES string of the molecule is N#Cc1cccc(C#N)c1N1CCN(C(=O)c2cc(Cl)cc(Cl)c2)CC1. The Morgan fingerprint density at radius 2 is 1.46 bits per heavy atom. The molecule has 0 aromatic heterocycles. The van der Waals surface area contributed by atoms with E-state index in [0.29, 0.717) is 58.6 Å². The van der Waals surface area contributed by atoms with Crippen LogP contribution in [0, 0.1) is 22.7 Å². The molecule has 1 fully saturated rings. The molecule has 0 N–H and O–H groups in total. The van der Waals surface area contributed by atoms with E-state index in [9.17, 15) is 15.3 Å². The number of amides is 1. The molecular formula is C19H14Cl2N4O. The van der Waals surface area contributed by atoms with E-state index >= 15 is 0 Å². The third-order valence-electron chi connectivity index (χ3n) is 4.27. The van der Waals surface area contributed by atoms with Crippen LogP contribution in [-0.2, 0) is 0 Å². The summed E-state index contributed by atoms with van der Waals surface area (Å²) in [5, 5.41) is 19.5. The van der Waals surface area contributed by atoms with Gasteiger partial charge in [-0.25, -0.2) is 0 Å². The Balaban J connectivity index is 1.77. The molecule has 26 heavy (non-hydrogen) atoms. The van der Waals surface area contributed by atoms with Gasteiger partial charge in [0.15, 0.2) is 0 Å². The van der Waals surface area contributed by atoms with Gasteiger partial charge in [-0.2, -0.15) is 10.5 Å². The maximum atomic E-state index is 12.7. The van der Waals surface area contributed by atoms with Crippen LogP contribution in [0.15, 0.2) is 36.4 Å². The van der Waals surface area contributed by atoms with Gasteiger partial charge in [0.25, 0.3) is 5.91 Å². The fourth-order valence-corrected chi connectivity index (χ4v) is 3.58. The lowest BCUT2D eigenvalue weighted by Gasteiger charge is -2.36. The number of hydrogen-bond donors (Lipinski definition) is 0. The number of hydrogen-bond acceptors (Lipinski definition) is 4. The molecule has 1 aliphatic rings. The van der Waals surface area contributed by atoms with Crippen LogP contribution in [0.25, 0.3) is 0 Å². The molecule has 0 radical (unpaired) electrons. The molecule has 1 saturated heterocycles. The van der Waals surface area contributed by atoms with Crippen molar-refractivity contribution < 1.29 is 4.79 Å². The molecule has 0 bridgehead atoms. The van der Waals surface area contributed by atoms with Crippen molar-refractivity contribution in [1.82, 2.24) is 4.90 Å². The zero-order valence-corrected chi connectivity index (χ0v) is 15.3. The van der Waals surface area contributed by atoms with Crippen molar-refractivity contribution in [3.8, 4) is 12.1 Å². The lowest BCUT2D eigenvalue weighted by atomic mass is 10.1. The largest absolute Gasteiger partial charge is 0.366 e. The van der Waals surface area contributed by atoms with Crippen molar-refractivity contribution in [2.24, 2.45) is 0 Å². The molecule has 0 spiro atoms. The molecule has 5 nitrogen and oxygen atoms in total. The number of anilines is 1. The monoisotopic (exact) mass is 384 g/mol. The van der Waals surface area contributed by atoms with Crippen LogP contribution in [0.5, 0.6) is 0 Å². The van der Waals surface area contributed by atoms with Crippen LogP contribution in [0.2, 0.25) is 10.0 Å². The topological polar surface area (TPSA) is 71.1 Å². The second kappa shape index (κ2) is 7.66. The third kappa shape index (κ3) is 3.60. The summed E-state index contributed by atoms with van der Waals surface area (Å²) >= 11 is 12.0. The van der Waals surface area contributed by atoms with Crippen molar-refractivity contribution in [3.05, 3.63) is 63.1 Å². The lowest BCUT2D eigenvalue weighted by molar-refractivity contribution is 0.0747. The first-order chi connectivity index (χ1) is 12.5. The summed E-state index contributed by atoms with van der Waals surface area (Å²) in [7, 11) is 0. The van der Waals surface area contributed by atoms with E-state index < -0.39 is 0 Å². The first kappa shape index (κ1) is 18.1. The fourth-order valence-electron chi connectivity index (χ4n) is 3.06. The van der Waals surface area contributed by atoms with Crippen LogP contribution in [0.1, 0.15) is 21.5 Å². The molecule has 0 aliphatic carbocycles. The Labute approximate surface area is 161 Å². The number of rotatable bonds is 2. The van der Waals surface area contributed by atoms with Gasteiger partial charge in [0.1, 0.15) is 12.1 Å². The van der Waals surface area contributed by atoms with Gasteiger partial charge in [0, 0.05) is 41.8 Å². The molecule has 1 amide bonds. The zero-order chi connectivity index (χ0) is 18.7. The first-order valence-corrected chi connectivity index (χ1v) is 8.72. The molecule has 2 aromatic carbocycles. The second-order valence-corrected chi connectivity index (χ2v) is 6.74. The van der Waals surface area contributed by atoms with E-state index in [1.54, 1.807) is 41.3 Å². The molecule has 1 aliphatic heterocycles. The van der Waals surface area contributed by atoms with Crippen molar-refractivity contribution in [1.29, 1.82) is 10.5 Å². The number of piperazine rings is 1. The van der Waals surface area contributed by atoms with Crippen LogP contribution in [-0.4, -0.2) is 37.0 Å². The van der Waals surface area contributed by atoms with E-state index in [4.69, 9.17) is 23.2 Å². The highest BCUT2D eigenvalue weighted by atomic mass is 35.5. The van der Waals surface area contributed by atoms with E-state index in [-0.39, 0.29) is 5.91 Å². The number of benzene rings is 2. The van der Waals surface area contributed by atoms with Crippen molar-refractivity contribution in [3.63, 3.8) is 0 Å². The number of para-hydroxylation sites is 1. The van der Waals surface area contributed by atoms with E-state index in [0.717, 1.165) is 0 Å². The van der Waals surface area contributed by atoms with Gasteiger partial charge in [-0.1, -0.05) is 29.3 Å². The number of halogens is 2.